The lowest BCUT2D eigenvalue weighted by Crippen LogP contribution is -2.24. The van der Waals surface area contributed by atoms with E-state index in [4.69, 9.17) is 4.74 Å². The SMILES string of the molecule is COc1ccc(CC(=O)NCc2ccnc(-c3cccnc3)c2)cc1. The van der Waals surface area contributed by atoms with E-state index in [0.29, 0.717) is 13.0 Å². The Hall–Kier alpha value is -3.21. The van der Waals surface area contributed by atoms with Gasteiger partial charge in [0.1, 0.15) is 5.75 Å². The first-order valence-electron chi connectivity index (χ1n) is 7.99. The highest BCUT2D eigenvalue weighted by molar-refractivity contribution is 5.78. The van der Waals surface area contributed by atoms with Crippen molar-refractivity contribution >= 4 is 5.91 Å². The summed E-state index contributed by atoms with van der Waals surface area (Å²) in [5, 5.41) is 2.94. The zero-order valence-corrected chi connectivity index (χ0v) is 14.0. The predicted molar refractivity (Wildman–Crippen MR) is 96.0 cm³/mol. The van der Waals surface area contributed by atoms with Crippen molar-refractivity contribution in [1.29, 1.82) is 0 Å². The first-order valence-corrected chi connectivity index (χ1v) is 7.99. The van der Waals surface area contributed by atoms with Crippen molar-refractivity contribution in [3.63, 3.8) is 0 Å². The molecule has 3 aromatic rings. The van der Waals surface area contributed by atoms with E-state index < -0.39 is 0 Å². The number of carbonyl (C=O) groups excluding carboxylic acids is 1. The van der Waals surface area contributed by atoms with Crippen molar-refractivity contribution in [2.75, 3.05) is 7.11 Å². The fourth-order valence-electron chi connectivity index (χ4n) is 2.45. The second-order valence-electron chi connectivity index (χ2n) is 5.59. The highest BCUT2D eigenvalue weighted by Gasteiger charge is 2.05. The quantitative estimate of drug-likeness (QED) is 0.753. The number of hydrogen-bond acceptors (Lipinski definition) is 4. The third-order valence-electron chi connectivity index (χ3n) is 3.80. The van der Waals surface area contributed by atoms with Crippen molar-refractivity contribution in [1.82, 2.24) is 15.3 Å². The molecule has 126 valence electrons. The molecule has 2 aromatic heterocycles. The maximum atomic E-state index is 12.1. The topological polar surface area (TPSA) is 64.1 Å². The van der Waals surface area contributed by atoms with Gasteiger partial charge in [0.2, 0.25) is 5.91 Å². The smallest absolute Gasteiger partial charge is 0.224 e. The second kappa shape index (κ2) is 8.06. The Morgan fingerprint density at radius 2 is 1.92 bits per heavy atom. The van der Waals surface area contributed by atoms with Crippen LogP contribution in [0.4, 0.5) is 0 Å². The highest BCUT2D eigenvalue weighted by atomic mass is 16.5. The minimum absolute atomic E-state index is 0.0232. The van der Waals surface area contributed by atoms with Gasteiger partial charge >= 0.3 is 0 Å². The van der Waals surface area contributed by atoms with E-state index in [-0.39, 0.29) is 5.91 Å². The molecular weight excluding hydrogens is 314 g/mol. The van der Waals surface area contributed by atoms with Gasteiger partial charge in [0.25, 0.3) is 0 Å². The molecular formula is C20H19N3O2. The number of rotatable bonds is 6. The normalized spacial score (nSPS) is 10.3. The van der Waals surface area contributed by atoms with Gasteiger partial charge < -0.3 is 10.1 Å². The van der Waals surface area contributed by atoms with E-state index in [1.165, 1.54) is 0 Å². The third kappa shape index (κ3) is 4.64. The Labute approximate surface area is 146 Å². The summed E-state index contributed by atoms with van der Waals surface area (Å²) in [6.45, 7) is 0.463. The predicted octanol–water partition coefficient (Wildman–Crippen LogP) is 3.01. The van der Waals surface area contributed by atoms with Gasteiger partial charge in [-0.2, -0.15) is 0 Å². The van der Waals surface area contributed by atoms with Crippen LogP contribution in [0.2, 0.25) is 0 Å². The fraction of sp³-hybridized carbons (Fsp3) is 0.150. The molecule has 0 aliphatic carbocycles. The summed E-state index contributed by atoms with van der Waals surface area (Å²) < 4.78 is 5.12. The largest absolute Gasteiger partial charge is 0.497 e. The van der Waals surface area contributed by atoms with Gasteiger partial charge in [0.15, 0.2) is 0 Å². The van der Waals surface area contributed by atoms with Crippen LogP contribution in [-0.2, 0) is 17.8 Å². The Bertz CT molecular complexity index is 833. The van der Waals surface area contributed by atoms with Crippen molar-refractivity contribution in [2.45, 2.75) is 13.0 Å². The average molecular weight is 333 g/mol. The lowest BCUT2D eigenvalue weighted by molar-refractivity contribution is -0.120. The first-order chi connectivity index (χ1) is 12.2. The van der Waals surface area contributed by atoms with Crippen LogP contribution in [0.1, 0.15) is 11.1 Å². The summed E-state index contributed by atoms with van der Waals surface area (Å²) in [5.41, 5.74) is 3.74. The molecule has 0 saturated carbocycles. The number of benzene rings is 1. The van der Waals surface area contributed by atoms with Crippen LogP contribution in [0.25, 0.3) is 11.3 Å². The van der Waals surface area contributed by atoms with Crippen LogP contribution in [-0.4, -0.2) is 23.0 Å². The molecule has 1 aromatic carbocycles. The van der Waals surface area contributed by atoms with Gasteiger partial charge in [-0.25, -0.2) is 0 Å². The summed E-state index contributed by atoms with van der Waals surface area (Å²) >= 11 is 0. The molecule has 0 atom stereocenters. The van der Waals surface area contributed by atoms with Gasteiger partial charge in [0.05, 0.1) is 19.2 Å². The maximum Gasteiger partial charge on any atom is 0.224 e. The standard InChI is InChI=1S/C20H19N3O2/c1-25-18-6-4-15(5-7-18)12-20(24)23-13-16-8-10-22-19(11-16)17-3-2-9-21-14-17/h2-11,14H,12-13H2,1H3,(H,23,24). The first kappa shape index (κ1) is 16.6. The van der Waals surface area contributed by atoms with Gasteiger partial charge in [-0.1, -0.05) is 12.1 Å². The van der Waals surface area contributed by atoms with Crippen LogP contribution >= 0.6 is 0 Å². The van der Waals surface area contributed by atoms with E-state index >= 15 is 0 Å². The number of nitrogens with one attached hydrogen (secondary N) is 1. The molecule has 25 heavy (non-hydrogen) atoms. The molecule has 0 aliphatic heterocycles. The van der Waals surface area contributed by atoms with E-state index in [2.05, 4.69) is 15.3 Å². The Kier molecular flexibility index (Phi) is 5.36. The van der Waals surface area contributed by atoms with Crippen molar-refractivity contribution in [3.8, 4) is 17.0 Å². The lowest BCUT2D eigenvalue weighted by Gasteiger charge is -2.08. The summed E-state index contributed by atoms with van der Waals surface area (Å²) in [6, 6.07) is 15.2. The lowest BCUT2D eigenvalue weighted by atomic mass is 10.1. The molecule has 3 rings (SSSR count). The van der Waals surface area contributed by atoms with Gasteiger partial charge in [-0.15, -0.1) is 0 Å². The molecule has 0 bridgehead atoms. The molecule has 0 fully saturated rings. The van der Waals surface area contributed by atoms with Crippen LogP contribution in [0.15, 0.2) is 67.1 Å². The van der Waals surface area contributed by atoms with Crippen LogP contribution in [0.3, 0.4) is 0 Å². The number of nitrogens with zero attached hydrogens (tertiary/aromatic N) is 2. The molecule has 1 amide bonds. The van der Waals surface area contributed by atoms with E-state index in [1.807, 2.05) is 48.5 Å². The zero-order chi connectivity index (χ0) is 17.5. The number of carbonyl (C=O) groups is 1. The summed E-state index contributed by atoms with van der Waals surface area (Å²) in [6.07, 6.45) is 5.58. The second-order valence-corrected chi connectivity index (χ2v) is 5.59. The minimum atomic E-state index is -0.0232. The molecule has 0 radical (unpaired) electrons. The number of hydrogen-bond donors (Lipinski definition) is 1. The van der Waals surface area contributed by atoms with Crippen LogP contribution in [0, 0.1) is 0 Å². The van der Waals surface area contributed by atoms with Gasteiger partial charge in [-0.3, -0.25) is 14.8 Å². The average Bonchev–Trinajstić information content (AvgIpc) is 2.68. The van der Waals surface area contributed by atoms with Crippen molar-refractivity contribution < 1.29 is 9.53 Å². The number of methoxy groups -OCH3 is 1. The zero-order valence-electron chi connectivity index (χ0n) is 14.0. The number of pyridine rings is 2. The van der Waals surface area contributed by atoms with Gasteiger partial charge in [0, 0.05) is 30.7 Å². The minimum Gasteiger partial charge on any atom is -0.497 e. The highest BCUT2D eigenvalue weighted by Crippen LogP contribution is 2.16. The third-order valence-corrected chi connectivity index (χ3v) is 3.80. The monoisotopic (exact) mass is 333 g/mol. The fourth-order valence-corrected chi connectivity index (χ4v) is 2.45. The number of ether oxygens (including phenoxy) is 1. The van der Waals surface area contributed by atoms with E-state index in [9.17, 15) is 4.79 Å². The Morgan fingerprint density at radius 1 is 1.08 bits per heavy atom. The summed E-state index contributed by atoms with van der Waals surface area (Å²) in [5.74, 6) is 0.758. The molecule has 5 heteroatoms. The molecule has 0 aliphatic rings. The summed E-state index contributed by atoms with van der Waals surface area (Å²) in [7, 11) is 1.62. The van der Waals surface area contributed by atoms with Crippen LogP contribution in [0.5, 0.6) is 5.75 Å². The molecule has 0 spiro atoms. The molecule has 1 N–H and O–H groups in total. The molecule has 0 saturated heterocycles. The van der Waals surface area contributed by atoms with Gasteiger partial charge in [-0.05, 0) is 47.5 Å². The van der Waals surface area contributed by atoms with Crippen LogP contribution < -0.4 is 10.1 Å². The maximum absolute atomic E-state index is 12.1. The molecule has 2 heterocycles. The van der Waals surface area contributed by atoms with E-state index in [0.717, 1.165) is 28.1 Å². The molecule has 5 nitrogen and oxygen atoms in total. The van der Waals surface area contributed by atoms with E-state index in [1.54, 1.807) is 25.7 Å². The van der Waals surface area contributed by atoms with Crippen molar-refractivity contribution in [3.05, 3.63) is 78.2 Å². The number of aromatic nitrogens is 2. The summed E-state index contributed by atoms with van der Waals surface area (Å²) in [4.78, 5) is 20.6. The Morgan fingerprint density at radius 3 is 2.64 bits per heavy atom. The van der Waals surface area contributed by atoms with Crippen molar-refractivity contribution in [2.24, 2.45) is 0 Å². The molecule has 0 unspecified atom stereocenters. The Balaban J connectivity index is 1.58. The number of amides is 1.